The van der Waals surface area contributed by atoms with E-state index in [1.807, 2.05) is 0 Å². The molecule has 54 valence electrons. The summed E-state index contributed by atoms with van der Waals surface area (Å²) in [5.41, 5.74) is 0. The number of rotatable bonds is 0. The van der Waals surface area contributed by atoms with Gasteiger partial charge in [0.2, 0.25) is 0 Å². The Morgan fingerprint density at radius 3 is 2.10 bits per heavy atom. The Balaban J connectivity index is 2.23. The molecule has 0 aromatic heterocycles. The fraction of sp³-hybridized carbons (Fsp3) is 0.667. The van der Waals surface area contributed by atoms with E-state index in [9.17, 15) is 4.79 Å². The number of fused-ring (bicyclic) bond motifs is 2. The van der Waals surface area contributed by atoms with Gasteiger partial charge in [-0.3, -0.25) is 4.79 Å². The molecule has 10 heavy (non-hydrogen) atoms. The van der Waals surface area contributed by atoms with E-state index in [0.29, 0.717) is 17.6 Å². The minimum absolute atomic E-state index is 0.392. The van der Waals surface area contributed by atoms with E-state index in [1.54, 1.807) is 0 Å². The van der Waals surface area contributed by atoms with Crippen molar-refractivity contribution in [1.29, 1.82) is 0 Å². The molecule has 0 aromatic carbocycles. The maximum Gasteiger partial charge on any atom is 0.139 e. The summed E-state index contributed by atoms with van der Waals surface area (Å²) in [6.07, 6.45) is 8.65. The summed E-state index contributed by atoms with van der Waals surface area (Å²) < 4.78 is 0. The van der Waals surface area contributed by atoms with Crippen LogP contribution in [-0.2, 0) is 4.79 Å². The number of carbonyl (C=O) groups excluding carboxylic acids is 1. The molecule has 0 saturated heterocycles. The Bertz CT molecular complexity index is 163. The maximum absolute atomic E-state index is 11.4. The van der Waals surface area contributed by atoms with Crippen molar-refractivity contribution in [3.63, 3.8) is 0 Å². The number of Topliss-reactive ketones (excluding diaryl/α,β-unsaturated/α-hetero) is 1. The molecule has 0 heterocycles. The Hall–Kier alpha value is -0.590. The van der Waals surface area contributed by atoms with Gasteiger partial charge < -0.3 is 0 Å². The smallest absolute Gasteiger partial charge is 0.139 e. The second-order valence-corrected chi connectivity index (χ2v) is 3.32. The Morgan fingerprint density at radius 2 is 1.60 bits per heavy atom. The molecule has 1 heteroatoms. The number of carbonyl (C=O) groups is 1. The highest BCUT2D eigenvalue weighted by Crippen LogP contribution is 2.34. The monoisotopic (exact) mass is 136 g/mol. The average Bonchev–Trinajstić information content (AvgIpc) is 2.06. The first-order valence-corrected chi connectivity index (χ1v) is 4.06. The van der Waals surface area contributed by atoms with Gasteiger partial charge in [0.05, 0.1) is 0 Å². The number of hydrogen-bond donors (Lipinski definition) is 0. The van der Waals surface area contributed by atoms with Crippen LogP contribution in [-0.4, -0.2) is 5.78 Å². The van der Waals surface area contributed by atoms with Crippen molar-refractivity contribution in [3.8, 4) is 0 Å². The number of hydrogen-bond acceptors (Lipinski definition) is 1. The third-order valence-corrected chi connectivity index (χ3v) is 2.68. The minimum Gasteiger partial charge on any atom is -0.299 e. The zero-order valence-corrected chi connectivity index (χ0v) is 6.05. The molecular formula is C9H12O. The summed E-state index contributed by atoms with van der Waals surface area (Å²) in [6.45, 7) is 0. The van der Waals surface area contributed by atoms with Crippen LogP contribution >= 0.6 is 0 Å². The van der Waals surface area contributed by atoms with Crippen LogP contribution in [0.4, 0.5) is 0 Å². The quantitative estimate of drug-likeness (QED) is 0.465. The first kappa shape index (κ1) is 6.14. The third kappa shape index (κ3) is 0.808. The second kappa shape index (κ2) is 2.22. The van der Waals surface area contributed by atoms with Crippen LogP contribution in [0.25, 0.3) is 0 Å². The molecule has 1 saturated carbocycles. The summed E-state index contributed by atoms with van der Waals surface area (Å²) in [5.74, 6) is 1.32. The predicted molar refractivity (Wildman–Crippen MR) is 39.6 cm³/mol. The van der Waals surface area contributed by atoms with Crippen LogP contribution in [0.3, 0.4) is 0 Å². The van der Waals surface area contributed by atoms with Crippen molar-refractivity contribution in [2.24, 2.45) is 11.8 Å². The Morgan fingerprint density at radius 1 is 1.10 bits per heavy atom. The van der Waals surface area contributed by atoms with Gasteiger partial charge in [-0.1, -0.05) is 12.2 Å². The maximum atomic E-state index is 11.4. The highest BCUT2D eigenvalue weighted by atomic mass is 16.1. The van der Waals surface area contributed by atoms with Crippen molar-refractivity contribution in [2.75, 3.05) is 0 Å². The number of allylic oxidation sites excluding steroid dienone is 2. The van der Waals surface area contributed by atoms with Crippen molar-refractivity contribution < 1.29 is 4.79 Å². The topological polar surface area (TPSA) is 17.1 Å². The van der Waals surface area contributed by atoms with Gasteiger partial charge in [0.25, 0.3) is 0 Å². The zero-order chi connectivity index (χ0) is 6.97. The van der Waals surface area contributed by atoms with Crippen LogP contribution < -0.4 is 0 Å². The molecule has 0 radical (unpaired) electrons. The molecule has 2 rings (SSSR count). The molecule has 2 atom stereocenters. The summed E-state index contributed by atoms with van der Waals surface area (Å²) in [6, 6.07) is 0. The molecule has 2 aliphatic carbocycles. The molecule has 1 nitrogen and oxygen atoms in total. The summed E-state index contributed by atoms with van der Waals surface area (Å²) >= 11 is 0. The van der Waals surface area contributed by atoms with Gasteiger partial charge in [0.1, 0.15) is 5.78 Å². The predicted octanol–water partition coefficient (Wildman–Crippen LogP) is 1.93. The highest BCUT2D eigenvalue weighted by molar-refractivity contribution is 5.86. The van der Waals surface area contributed by atoms with E-state index < -0.39 is 0 Å². The minimum atomic E-state index is 0.392. The van der Waals surface area contributed by atoms with Gasteiger partial charge in [-0.15, -0.1) is 0 Å². The van der Waals surface area contributed by atoms with Crippen LogP contribution in [0.5, 0.6) is 0 Å². The van der Waals surface area contributed by atoms with Crippen LogP contribution in [0, 0.1) is 11.8 Å². The van der Waals surface area contributed by atoms with E-state index >= 15 is 0 Å². The zero-order valence-electron chi connectivity index (χ0n) is 6.05. The molecule has 0 amide bonds. The first-order valence-electron chi connectivity index (χ1n) is 4.06. The van der Waals surface area contributed by atoms with Gasteiger partial charge in [0, 0.05) is 11.8 Å². The molecule has 0 unspecified atom stereocenters. The molecule has 0 spiro atoms. The SMILES string of the molecule is O=C1[C@@H]2CC=CC[C@H]1CC2. The fourth-order valence-electron chi connectivity index (χ4n) is 2.01. The van der Waals surface area contributed by atoms with E-state index in [-0.39, 0.29) is 0 Å². The standard InChI is InChI=1S/C9H12O/c10-9-7-3-1-2-4-8(9)6-5-7/h1-2,7-8H,3-6H2/t7-,8+. The van der Waals surface area contributed by atoms with Crippen LogP contribution in [0.2, 0.25) is 0 Å². The highest BCUT2D eigenvalue weighted by Gasteiger charge is 2.33. The van der Waals surface area contributed by atoms with Crippen molar-refractivity contribution in [3.05, 3.63) is 12.2 Å². The van der Waals surface area contributed by atoms with E-state index in [4.69, 9.17) is 0 Å². The summed E-state index contributed by atoms with van der Waals surface area (Å²) in [4.78, 5) is 11.4. The molecule has 0 N–H and O–H groups in total. The molecule has 2 bridgehead atoms. The lowest BCUT2D eigenvalue weighted by atomic mass is 10.0. The van der Waals surface area contributed by atoms with Gasteiger partial charge in [-0.25, -0.2) is 0 Å². The molecular weight excluding hydrogens is 124 g/mol. The van der Waals surface area contributed by atoms with Gasteiger partial charge in [-0.05, 0) is 25.7 Å². The van der Waals surface area contributed by atoms with Gasteiger partial charge in [-0.2, -0.15) is 0 Å². The Labute approximate surface area is 61.1 Å². The van der Waals surface area contributed by atoms with Gasteiger partial charge in [0.15, 0.2) is 0 Å². The van der Waals surface area contributed by atoms with Gasteiger partial charge >= 0.3 is 0 Å². The van der Waals surface area contributed by atoms with Crippen LogP contribution in [0.1, 0.15) is 25.7 Å². The first-order chi connectivity index (χ1) is 4.88. The summed E-state index contributed by atoms with van der Waals surface area (Å²) in [5, 5.41) is 0. The fourth-order valence-corrected chi connectivity index (χ4v) is 2.01. The lowest BCUT2D eigenvalue weighted by molar-refractivity contribution is -0.123. The second-order valence-electron chi connectivity index (χ2n) is 3.32. The van der Waals surface area contributed by atoms with Crippen LogP contribution in [0.15, 0.2) is 12.2 Å². The molecule has 2 aliphatic rings. The average molecular weight is 136 g/mol. The van der Waals surface area contributed by atoms with Crippen molar-refractivity contribution >= 4 is 5.78 Å². The molecule has 0 aliphatic heterocycles. The molecule has 0 aromatic rings. The Kier molecular flexibility index (Phi) is 1.37. The largest absolute Gasteiger partial charge is 0.299 e. The van der Waals surface area contributed by atoms with E-state index in [2.05, 4.69) is 12.2 Å². The lowest BCUT2D eigenvalue weighted by Gasteiger charge is -2.01. The summed E-state index contributed by atoms with van der Waals surface area (Å²) in [7, 11) is 0. The molecule has 1 fully saturated rings. The lowest BCUT2D eigenvalue weighted by Crippen LogP contribution is -2.10. The van der Waals surface area contributed by atoms with E-state index in [0.717, 1.165) is 25.7 Å². The normalized spacial score (nSPS) is 38.2. The number of ketones is 1. The van der Waals surface area contributed by atoms with Crippen molar-refractivity contribution in [2.45, 2.75) is 25.7 Å². The van der Waals surface area contributed by atoms with E-state index in [1.165, 1.54) is 0 Å². The third-order valence-electron chi connectivity index (χ3n) is 2.68. The van der Waals surface area contributed by atoms with Crippen molar-refractivity contribution in [1.82, 2.24) is 0 Å².